The van der Waals surface area contributed by atoms with Crippen molar-refractivity contribution >= 4 is 45.7 Å². The first-order valence-electron chi connectivity index (χ1n) is 8.96. The highest BCUT2D eigenvalue weighted by molar-refractivity contribution is 8.01. The Morgan fingerprint density at radius 2 is 1.83 bits per heavy atom. The van der Waals surface area contributed by atoms with Crippen molar-refractivity contribution in [2.75, 3.05) is 16.4 Å². The van der Waals surface area contributed by atoms with Gasteiger partial charge >= 0.3 is 0 Å². The Bertz CT molecular complexity index is 962. The number of carbonyl (C=O) groups is 2. The summed E-state index contributed by atoms with van der Waals surface area (Å²) in [5, 5.41) is 5.60. The lowest BCUT2D eigenvalue weighted by molar-refractivity contribution is -0.115. The van der Waals surface area contributed by atoms with Crippen molar-refractivity contribution in [3.63, 3.8) is 0 Å². The van der Waals surface area contributed by atoms with Crippen molar-refractivity contribution in [2.24, 2.45) is 0 Å². The van der Waals surface area contributed by atoms with Crippen LogP contribution in [0.15, 0.2) is 60.8 Å². The van der Waals surface area contributed by atoms with Gasteiger partial charge in [0.15, 0.2) is 5.13 Å². The highest BCUT2D eigenvalue weighted by Crippen LogP contribution is 2.22. The molecule has 8 heteroatoms. The number of benzene rings is 2. The minimum absolute atomic E-state index is 0.114. The molecular formula is C21H20FN3O2S2. The van der Waals surface area contributed by atoms with Gasteiger partial charge in [0, 0.05) is 23.2 Å². The summed E-state index contributed by atoms with van der Waals surface area (Å²) in [5.41, 5.74) is 1.70. The number of thioether (sulfide) groups is 1. The van der Waals surface area contributed by atoms with Crippen LogP contribution in [0.2, 0.25) is 0 Å². The number of thiazole rings is 1. The van der Waals surface area contributed by atoms with E-state index in [1.807, 2.05) is 30.3 Å². The Hall–Kier alpha value is -2.71. The smallest absolute Gasteiger partial charge is 0.239 e. The predicted octanol–water partition coefficient (Wildman–Crippen LogP) is 4.57. The van der Waals surface area contributed by atoms with Gasteiger partial charge in [-0.05, 0) is 36.8 Å². The number of nitrogens with zero attached hydrogens (tertiary/aromatic N) is 1. The van der Waals surface area contributed by atoms with Crippen LogP contribution in [0.1, 0.15) is 17.4 Å². The number of hydrogen-bond donors (Lipinski definition) is 2. The van der Waals surface area contributed by atoms with Gasteiger partial charge in [0.1, 0.15) is 5.82 Å². The number of halogens is 1. The number of nitrogens with one attached hydrogen (secondary N) is 2. The number of amides is 2. The molecule has 0 fully saturated rings. The van der Waals surface area contributed by atoms with Crippen LogP contribution in [0.4, 0.5) is 15.2 Å². The molecule has 1 heterocycles. The third-order valence-corrected chi connectivity index (χ3v) is 6.02. The molecule has 150 valence electrons. The van der Waals surface area contributed by atoms with Crippen LogP contribution < -0.4 is 10.6 Å². The van der Waals surface area contributed by atoms with Crippen molar-refractivity contribution in [1.82, 2.24) is 4.98 Å². The third-order valence-electron chi connectivity index (χ3n) is 3.97. The van der Waals surface area contributed by atoms with Crippen molar-refractivity contribution < 1.29 is 14.0 Å². The van der Waals surface area contributed by atoms with Gasteiger partial charge in [-0.25, -0.2) is 9.37 Å². The standard InChI is InChI=1S/C21H20FN3O2S2/c1-14(28-13-19(26)24-17-9-7-16(22)8-10-17)20(27)25-21-23-12-18(29-21)11-15-5-3-2-4-6-15/h2-10,12,14H,11,13H2,1H3,(H,24,26)(H,23,25,27)/t14-/m0/s1. The van der Waals surface area contributed by atoms with Crippen LogP contribution >= 0.6 is 23.1 Å². The molecule has 2 amide bonds. The van der Waals surface area contributed by atoms with E-state index in [9.17, 15) is 14.0 Å². The average Bonchev–Trinajstić information content (AvgIpc) is 3.15. The van der Waals surface area contributed by atoms with E-state index in [0.717, 1.165) is 11.3 Å². The Morgan fingerprint density at radius 3 is 2.55 bits per heavy atom. The first-order chi connectivity index (χ1) is 14.0. The molecule has 0 aliphatic carbocycles. The third kappa shape index (κ3) is 6.69. The summed E-state index contributed by atoms with van der Waals surface area (Å²) in [6.45, 7) is 1.74. The fourth-order valence-corrected chi connectivity index (χ4v) is 3.99. The number of rotatable bonds is 8. The number of aromatic nitrogens is 1. The average molecular weight is 430 g/mol. The number of anilines is 2. The monoisotopic (exact) mass is 429 g/mol. The summed E-state index contributed by atoms with van der Waals surface area (Å²) in [6, 6.07) is 15.6. The maximum Gasteiger partial charge on any atom is 0.239 e. The molecule has 2 aromatic carbocycles. The molecule has 0 saturated heterocycles. The van der Waals surface area contributed by atoms with E-state index in [4.69, 9.17) is 0 Å². The molecule has 3 aromatic rings. The van der Waals surface area contributed by atoms with Crippen molar-refractivity contribution in [3.05, 3.63) is 77.1 Å². The van der Waals surface area contributed by atoms with Crippen LogP contribution in [0.5, 0.6) is 0 Å². The molecule has 0 unspecified atom stereocenters. The SMILES string of the molecule is C[C@H](SCC(=O)Nc1ccc(F)cc1)C(=O)Nc1ncc(Cc2ccccc2)s1. The fraction of sp³-hybridized carbons (Fsp3) is 0.190. The topological polar surface area (TPSA) is 71.1 Å². The molecule has 1 atom stereocenters. The molecule has 29 heavy (non-hydrogen) atoms. The molecule has 2 N–H and O–H groups in total. The van der Waals surface area contributed by atoms with E-state index in [1.165, 1.54) is 52.9 Å². The fourth-order valence-electron chi connectivity index (χ4n) is 2.46. The summed E-state index contributed by atoms with van der Waals surface area (Å²) in [7, 11) is 0. The minimum Gasteiger partial charge on any atom is -0.325 e. The van der Waals surface area contributed by atoms with Gasteiger partial charge in [0.05, 0.1) is 11.0 Å². The van der Waals surface area contributed by atoms with Crippen LogP contribution in [0, 0.1) is 5.82 Å². The second-order valence-electron chi connectivity index (χ2n) is 6.29. The summed E-state index contributed by atoms with van der Waals surface area (Å²) in [5.74, 6) is -0.703. The normalized spacial score (nSPS) is 11.7. The van der Waals surface area contributed by atoms with E-state index in [2.05, 4.69) is 15.6 Å². The molecule has 1 aromatic heterocycles. The Balaban J connectivity index is 1.44. The first-order valence-corrected chi connectivity index (χ1v) is 10.8. The summed E-state index contributed by atoms with van der Waals surface area (Å²) in [6.07, 6.45) is 2.53. The Morgan fingerprint density at radius 1 is 1.10 bits per heavy atom. The van der Waals surface area contributed by atoms with Crippen molar-refractivity contribution in [3.8, 4) is 0 Å². The summed E-state index contributed by atoms with van der Waals surface area (Å²) >= 11 is 2.66. The quantitative estimate of drug-likeness (QED) is 0.550. The molecule has 0 aliphatic rings. The largest absolute Gasteiger partial charge is 0.325 e. The van der Waals surface area contributed by atoms with E-state index >= 15 is 0 Å². The zero-order valence-electron chi connectivity index (χ0n) is 15.7. The second-order valence-corrected chi connectivity index (χ2v) is 8.74. The lowest BCUT2D eigenvalue weighted by atomic mass is 10.1. The van der Waals surface area contributed by atoms with Gasteiger partial charge in [0.2, 0.25) is 11.8 Å². The molecular weight excluding hydrogens is 409 g/mol. The van der Waals surface area contributed by atoms with E-state index < -0.39 is 5.25 Å². The zero-order valence-corrected chi connectivity index (χ0v) is 17.4. The van der Waals surface area contributed by atoms with Gasteiger partial charge < -0.3 is 10.6 Å². The van der Waals surface area contributed by atoms with Gasteiger partial charge in [0.25, 0.3) is 0 Å². The van der Waals surface area contributed by atoms with Crippen molar-refractivity contribution in [1.29, 1.82) is 0 Å². The lowest BCUT2D eigenvalue weighted by Gasteiger charge is -2.10. The molecule has 0 bridgehead atoms. The van der Waals surface area contributed by atoms with Crippen LogP contribution in [-0.4, -0.2) is 27.8 Å². The predicted molar refractivity (Wildman–Crippen MR) is 117 cm³/mol. The summed E-state index contributed by atoms with van der Waals surface area (Å²) < 4.78 is 12.9. The van der Waals surface area contributed by atoms with E-state index in [1.54, 1.807) is 13.1 Å². The van der Waals surface area contributed by atoms with Crippen LogP contribution in [0.3, 0.4) is 0 Å². The maximum absolute atomic E-state index is 12.9. The van der Waals surface area contributed by atoms with E-state index in [0.29, 0.717) is 10.8 Å². The molecule has 5 nitrogen and oxygen atoms in total. The first kappa shape index (κ1) is 21.0. The molecule has 0 radical (unpaired) electrons. The van der Waals surface area contributed by atoms with Gasteiger partial charge in [-0.15, -0.1) is 23.1 Å². The van der Waals surface area contributed by atoms with Gasteiger partial charge in [-0.3, -0.25) is 9.59 Å². The Kier molecular flexibility index (Phi) is 7.37. The molecule has 0 saturated carbocycles. The molecule has 0 spiro atoms. The Labute approximate surface area is 176 Å². The molecule has 0 aliphatic heterocycles. The van der Waals surface area contributed by atoms with Gasteiger partial charge in [-0.1, -0.05) is 30.3 Å². The molecule has 3 rings (SSSR count). The number of hydrogen-bond acceptors (Lipinski definition) is 5. The lowest BCUT2D eigenvalue weighted by Crippen LogP contribution is -2.24. The van der Waals surface area contributed by atoms with Crippen molar-refractivity contribution in [2.45, 2.75) is 18.6 Å². The maximum atomic E-state index is 12.9. The summed E-state index contributed by atoms with van der Waals surface area (Å²) in [4.78, 5) is 29.7. The highest BCUT2D eigenvalue weighted by Gasteiger charge is 2.17. The number of carbonyl (C=O) groups excluding carboxylic acids is 2. The van der Waals surface area contributed by atoms with Crippen LogP contribution in [-0.2, 0) is 16.0 Å². The second kappa shape index (κ2) is 10.2. The van der Waals surface area contributed by atoms with Crippen LogP contribution in [0.25, 0.3) is 0 Å². The highest BCUT2D eigenvalue weighted by atomic mass is 32.2. The minimum atomic E-state index is -0.421. The van der Waals surface area contributed by atoms with Gasteiger partial charge in [-0.2, -0.15) is 0 Å². The zero-order chi connectivity index (χ0) is 20.6. The van der Waals surface area contributed by atoms with E-state index in [-0.39, 0.29) is 23.4 Å².